The van der Waals surface area contributed by atoms with Crippen molar-refractivity contribution in [2.75, 3.05) is 0 Å². The molecule has 0 spiro atoms. The zero-order valence-corrected chi connectivity index (χ0v) is 13.3. The van der Waals surface area contributed by atoms with Crippen molar-refractivity contribution in [2.24, 2.45) is 5.92 Å². The van der Waals surface area contributed by atoms with Crippen LogP contribution in [0.5, 0.6) is 0 Å². The maximum absolute atomic E-state index is 12.5. The summed E-state index contributed by atoms with van der Waals surface area (Å²) >= 11 is 0. The summed E-state index contributed by atoms with van der Waals surface area (Å²) < 4.78 is 1.74. The lowest BCUT2D eigenvalue weighted by molar-refractivity contribution is 0.0921. The number of aryl methyl sites for hydroxylation is 2. The molecule has 112 valence electrons. The van der Waals surface area contributed by atoms with Gasteiger partial charge in [0.15, 0.2) is 11.6 Å². The SMILES string of the molecule is CCc1cnn(-c2ccc(CC)c(C(=O)C(C)CC)n2)c1. The highest BCUT2D eigenvalue weighted by Gasteiger charge is 2.19. The van der Waals surface area contributed by atoms with E-state index in [1.54, 1.807) is 4.68 Å². The number of pyridine rings is 1. The molecule has 2 rings (SSSR count). The van der Waals surface area contributed by atoms with Crippen molar-refractivity contribution in [3.05, 3.63) is 41.3 Å². The van der Waals surface area contributed by atoms with E-state index in [4.69, 9.17) is 0 Å². The van der Waals surface area contributed by atoms with Crippen molar-refractivity contribution < 1.29 is 4.79 Å². The Morgan fingerprint density at radius 1 is 1.24 bits per heavy atom. The lowest BCUT2D eigenvalue weighted by Gasteiger charge is -2.12. The summed E-state index contributed by atoms with van der Waals surface area (Å²) in [6.07, 6.45) is 6.38. The van der Waals surface area contributed by atoms with Crippen LogP contribution in [-0.4, -0.2) is 20.5 Å². The van der Waals surface area contributed by atoms with E-state index < -0.39 is 0 Å². The first kappa shape index (κ1) is 15.4. The van der Waals surface area contributed by atoms with Gasteiger partial charge in [0.2, 0.25) is 0 Å². The van der Waals surface area contributed by atoms with Crippen LogP contribution >= 0.6 is 0 Å². The molecule has 0 bridgehead atoms. The monoisotopic (exact) mass is 285 g/mol. The molecule has 0 aliphatic heterocycles. The highest BCUT2D eigenvalue weighted by Crippen LogP contribution is 2.17. The van der Waals surface area contributed by atoms with E-state index in [0.29, 0.717) is 11.5 Å². The van der Waals surface area contributed by atoms with E-state index >= 15 is 0 Å². The largest absolute Gasteiger partial charge is 0.292 e. The van der Waals surface area contributed by atoms with Gasteiger partial charge in [0.05, 0.1) is 6.20 Å². The first-order valence-electron chi connectivity index (χ1n) is 7.68. The normalized spacial score (nSPS) is 12.4. The number of nitrogens with zero attached hydrogens (tertiary/aromatic N) is 3. The lowest BCUT2D eigenvalue weighted by Crippen LogP contribution is -2.16. The maximum atomic E-state index is 12.5. The molecule has 0 N–H and O–H groups in total. The Kier molecular flexibility index (Phi) is 4.89. The minimum absolute atomic E-state index is 0.00174. The Hall–Kier alpha value is -1.97. The van der Waals surface area contributed by atoms with Gasteiger partial charge in [-0.05, 0) is 36.5 Å². The molecule has 4 heteroatoms. The topological polar surface area (TPSA) is 47.8 Å². The summed E-state index contributed by atoms with van der Waals surface area (Å²) in [6.45, 7) is 8.12. The molecule has 0 radical (unpaired) electrons. The predicted octanol–water partition coefficient (Wildman–Crippen LogP) is 3.62. The predicted molar refractivity (Wildman–Crippen MR) is 83.9 cm³/mol. The minimum Gasteiger partial charge on any atom is -0.292 e. The third-order valence-corrected chi connectivity index (χ3v) is 3.92. The van der Waals surface area contributed by atoms with E-state index in [9.17, 15) is 4.79 Å². The number of ketones is 1. The molecular weight excluding hydrogens is 262 g/mol. The molecule has 0 amide bonds. The molecule has 0 aliphatic carbocycles. The second-order valence-electron chi connectivity index (χ2n) is 5.35. The lowest BCUT2D eigenvalue weighted by atomic mass is 9.97. The molecular formula is C17H23N3O. The van der Waals surface area contributed by atoms with Gasteiger partial charge < -0.3 is 0 Å². The Morgan fingerprint density at radius 3 is 2.57 bits per heavy atom. The van der Waals surface area contributed by atoms with E-state index in [0.717, 1.165) is 30.4 Å². The van der Waals surface area contributed by atoms with E-state index in [2.05, 4.69) is 17.0 Å². The van der Waals surface area contributed by atoms with Gasteiger partial charge in [-0.3, -0.25) is 4.79 Å². The number of hydrogen-bond donors (Lipinski definition) is 0. The van der Waals surface area contributed by atoms with Gasteiger partial charge in [0.25, 0.3) is 0 Å². The molecule has 4 nitrogen and oxygen atoms in total. The van der Waals surface area contributed by atoms with Gasteiger partial charge in [0.1, 0.15) is 5.69 Å². The van der Waals surface area contributed by atoms with Crippen LogP contribution in [0, 0.1) is 5.92 Å². The number of hydrogen-bond acceptors (Lipinski definition) is 3. The summed E-state index contributed by atoms with van der Waals surface area (Å²) in [5.41, 5.74) is 2.76. The summed E-state index contributed by atoms with van der Waals surface area (Å²) in [5, 5.41) is 4.32. The molecule has 21 heavy (non-hydrogen) atoms. The van der Waals surface area contributed by atoms with Gasteiger partial charge >= 0.3 is 0 Å². The zero-order valence-electron chi connectivity index (χ0n) is 13.3. The van der Waals surface area contributed by atoms with E-state index in [-0.39, 0.29) is 11.7 Å². The highest BCUT2D eigenvalue weighted by molar-refractivity contribution is 5.97. The summed E-state index contributed by atoms with van der Waals surface area (Å²) in [5.74, 6) is 0.833. The van der Waals surface area contributed by atoms with E-state index in [1.165, 1.54) is 0 Å². The van der Waals surface area contributed by atoms with E-state index in [1.807, 2.05) is 45.3 Å². The van der Waals surface area contributed by atoms with Crippen molar-refractivity contribution in [3.8, 4) is 5.82 Å². The maximum Gasteiger partial charge on any atom is 0.184 e. The molecule has 2 aromatic rings. The highest BCUT2D eigenvalue weighted by atomic mass is 16.1. The average molecular weight is 285 g/mol. The molecule has 2 heterocycles. The standard InChI is InChI=1S/C17H23N3O/c1-5-12(4)17(21)16-14(7-3)8-9-15(19-16)20-11-13(6-2)10-18-20/h8-12H,5-7H2,1-4H3. The van der Waals surface area contributed by atoms with Gasteiger partial charge in [-0.15, -0.1) is 0 Å². The first-order valence-corrected chi connectivity index (χ1v) is 7.68. The molecule has 0 aromatic carbocycles. The molecule has 0 fully saturated rings. The third-order valence-electron chi connectivity index (χ3n) is 3.92. The molecule has 0 saturated carbocycles. The molecule has 1 atom stereocenters. The van der Waals surface area contributed by atoms with Gasteiger partial charge in [-0.2, -0.15) is 5.10 Å². The van der Waals surface area contributed by atoms with Crippen LogP contribution < -0.4 is 0 Å². The Morgan fingerprint density at radius 2 is 2.00 bits per heavy atom. The molecule has 1 unspecified atom stereocenters. The zero-order chi connectivity index (χ0) is 15.4. The van der Waals surface area contributed by atoms with Crippen LogP contribution in [0.4, 0.5) is 0 Å². The van der Waals surface area contributed by atoms with Crippen molar-refractivity contribution >= 4 is 5.78 Å². The Balaban J connectivity index is 2.44. The average Bonchev–Trinajstić information content (AvgIpc) is 3.01. The smallest absolute Gasteiger partial charge is 0.184 e. The van der Waals surface area contributed by atoms with Crippen molar-refractivity contribution in [1.82, 2.24) is 14.8 Å². The van der Waals surface area contributed by atoms with Crippen LogP contribution in [-0.2, 0) is 12.8 Å². The number of carbonyl (C=O) groups is 1. The molecule has 0 aliphatic rings. The number of Topliss-reactive ketones (excluding diaryl/α,β-unsaturated/α-hetero) is 1. The van der Waals surface area contributed by atoms with Crippen LogP contribution in [0.2, 0.25) is 0 Å². The summed E-state index contributed by atoms with van der Waals surface area (Å²) in [7, 11) is 0. The van der Waals surface area contributed by atoms with Crippen LogP contribution in [0.1, 0.15) is 55.7 Å². The Bertz CT molecular complexity index is 631. The van der Waals surface area contributed by atoms with Crippen LogP contribution in [0.3, 0.4) is 0 Å². The van der Waals surface area contributed by atoms with Crippen LogP contribution in [0.25, 0.3) is 5.82 Å². The Labute approximate surface area is 126 Å². The summed E-state index contributed by atoms with van der Waals surface area (Å²) in [4.78, 5) is 17.1. The first-order chi connectivity index (χ1) is 10.1. The fraction of sp³-hybridized carbons (Fsp3) is 0.471. The van der Waals surface area contributed by atoms with Gasteiger partial charge in [-0.25, -0.2) is 9.67 Å². The van der Waals surface area contributed by atoms with Gasteiger partial charge in [-0.1, -0.05) is 33.8 Å². The molecule has 2 aromatic heterocycles. The molecule has 0 saturated heterocycles. The quantitative estimate of drug-likeness (QED) is 0.762. The second-order valence-corrected chi connectivity index (χ2v) is 5.35. The van der Waals surface area contributed by atoms with Crippen molar-refractivity contribution in [1.29, 1.82) is 0 Å². The second kappa shape index (κ2) is 6.66. The fourth-order valence-electron chi connectivity index (χ4n) is 2.19. The number of carbonyl (C=O) groups excluding carboxylic acids is 1. The fourth-order valence-corrected chi connectivity index (χ4v) is 2.19. The number of aromatic nitrogens is 3. The summed E-state index contributed by atoms with van der Waals surface area (Å²) in [6, 6.07) is 3.92. The minimum atomic E-state index is 0.00174. The van der Waals surface area contributed by atoms with Crippen LogP contribution in [0.15, 0.2) is 24.5 Å². The van der Waals surface area contributed by atoms with Gasteiger partial charge in [0, 0.05) is 12.1 Å². The third kappa shape index (κ3) is 3.20. The van der Waals surface area contributed by atoms with Crippen molar-refractivity contribution in [3.63, 3.8) is 0 Å². The van der Waals surface area contributed by atoms with Crippen molar-refractivity contribution in [2.45, 2.75) is 47.0 Å². The number of rotatable bonds is 6.